The zero-order valence-electron chi connectivity index (χ0n) is 12.9. The molecule has 110 valence electrons. The average molecular weight is 274 g/mol. The van der Waals surface area contributed by atoms with Gasteiger partial charge in [-0.05, 0) is 36.0 Å². The molecule has 0 radical (unpaired) electrons. The van der Waals surface area contributed by atoms with Gasteiger partial charge in [-0.15, -0.1) is 0 Å². The maximum absolute atomic E-state index is 12.8. The molecule has 1 aliphatic rings. The summed E-state index contributed by atoms with van der Waals surface area (Å²) in [5, 5.41) is 0. The number of rotatable bonds is 3. The molecular formula is C17H26N2O. The zero-order valence-corrected chi connectivity index (χ0v) is 12.9. The van der Waals surface area contributed by atoms with Crippen molar-refractivity contribution < 1.29 is 4.79 Å². The van der Waals surface area contributed by atoms with Gasteiger partial charge in [0.25, 0.3) is 0 Å². The van der Waals surface area contributed by atoms with Crippen LogP contribution in [-0.2, 0) is 11.3 Å². The van der Waals surface area contributed by atoms with Crippen molar-refractivity contribution in [2.75, 3.05) is 11.9 Å². The molecule has 1 saturated carbocycles. The Labute approximate surface area is 122 Å². The highest BCUT2D eigenvalue weighted by molar-refractivity contribution is 5.95. The highest BCUT2D eigenvalue weighted by atomic mass is 16.2. The van der Waals surface area contributed by atoms with Gasteiger partial charge in [0.2, 0.25) is 5.91 Å². The van der Waals surface area contributed by atoms with Gasteiger partial charge in [0.05, 0.1) is 0 Å². The number of carbonyl (C=O) groups is 1. The minimum absolute atomic E-state index is 0.112. The molecule has 1 aromatic carbocycles. The number of hydrogen-bond donors (Lipinski definition) is 1. The summed E-state index contributed by atoms with van der Waals surface area (Å²) in [5.41, 5.74) is 7.76. The van der Waals surface area contributed by atoms with Crippen LogP contribution in [0.3, 0.4) is 0 Å². The lowest BCUT2D eigenvalue weighted by molar-refractivity contribution is -0.127. The van der Waals surface area contributed by atoms with Crippen LogP contribution >= 0.6 is 0 Å². The van der Waals surface area contributed by atoms with Crippen molar-refractivity contribution in [3.63, 3.8) is 0 Å². The minimum atomic E-state index is 0.112. The third kappa shape index (κ3) is 3.04. The van der Waals surface area contributed by atoms with Gasteiger partial charge in [0.1, 0.15) is 0 Å². The highest BCUT2D eigenvalue weighted by Gasteiger charge is 2.38. The van der Waals surface area contributed by atoms with Gasteiger partial charge < -0.3 is 10.6 Å². The van der Waals surface area contributed by atoms with Gasteiger partial charge in [-0.1, -0.05) is 38.8 Å². The highest BCUT2D eigenvalue weighted by Crippen LogP contribution is 2.41. The number of nitrogens with zero attached hydrogens (tertiary/aromatic N) is 1. The summed E-state index contributed by atoms with van der Waals surface area (Å²) in [6, 6.07) is 7.95. The molecule has 1 unspecified atom stereocenters. The van der Waals surface area contributed by atoms with Crippen LogP contribution in [0.4, 0.5) is 5.69 Å². The quantitative estimate of drug-likeness (QED) is 0.919. The first-order valence-electron chi connectivity index (χ1n) is 7.52. The largest absolute Gasteiger partial charge is 0.326 e. The van der Waals surface area contributed by atoms with Gasteiger partial charge in [-0.3, -0.25) is 4.79 Å². The Morgan fingerprint density at radius 3 is 2.50 bits per heavy atom. The number of hydrogen-bond acceptors (Lipinski definition) is 2. The summed E-state index contributed by atoms with van der Waals surface area (Å²) in [5.74, 6) is 0.380. The lowest BCUT2D eigenvalue weighted by Gasteiger charge is -2.39. The minimum Gasteiger partial charge on any atom is -0.326 e. The monoisotopic (exact) mass is 274 g/mol. The van der Waals surface area contributed by atoms with Crippen LogP contribution in [0.15, 0.2) is 24.3 Å². The second-order valence-corrected chi connectivity index (χ2v) is 6.55. The molecule has 20 heavy (non-hydrogen) atoms. The molecule has 0 aliphatic heterocycles. The zero-order chi connectivity index (χ0) is 14.8. The molecule has 0 aromatic heterocycles. The average Bonchev–Trinajstić information content (AvgIpc) is 2.45. The lowest BCUT2D eigenvalue weighted by Crippen LogP contribution is -2.42. The molecule has 1 fully saturated rings. The summed E-state index contributed by atoms with van der Waals surface area (Å²) in [6.07, 6.45) is 4.56. The molecule has 2 rings (SSSR count). The van der Waals surface area contributed by atoms with E-state index >= 15 is 0 Å². The Kier molecular flexibility index (Phi) is 4.48. The van der Waals surface area contributed by atoms with Crippen molar-refractivity contribution in [1.29, 1.82) is 0 Å². The molecule has 1 atom stereocenters. The van der Waals surface area contributed by atoms with Crippen molar-refractivity contribution in [1.82, 2.24) is 0 Å². The second kappa shape index (κ2) is 5.96. The van der Waals surface area contributed by atoms with E-state index < -0.39 is 0 Å². The maximum Gasteiger partial charge on any atom is 0.230 e. The van der Waals surface area contributed by atoms with Crippen molar-refractivity contribution in [2.24, 2.45) is 17.1 Å². The number of nitrogens with two attached hydrogens (primary N) is 1. The van der Waals surface area contributed by atoms with E-state index in [1.54, 1.807) is 4.90 Å². The van der Waals surface area contributed by atoms with Crippen LogP contribution in [0.25, 0.3) is 0 Å². The molecule has 3 nitrogen and oxygen atoms in total. The first kappa shape index (κ1) is 15.0. The number of benzene rings is 1. The molecule has 0 spiro atoms. The number of anilines is 1. The third-order valence-electron chi connectivity index (χ3n) is 4.70. The van der Waals surface area contributed by atoms with Crippen LogP contribution in [0.1, 0.15) is 45.1 Å². The second-order valence-electron chi connectivity index (χ2n) is 6.55. The van der Waals surface area contributed by atoms with E-state index in [-0.39, 0.29) is 17.2 Å². The Morgan fingerprint density at radius 1 is 1.30 bits per heavy atom. The Hall–Kier alpha value is -1.35. The molecule has 0 saturated heterocycles. The first-order valence-corrected chi connectivity index (χ1v) is 7.52. The van der Waals surface area contributed by atoms with E-state index in [9.17, 15) is 4.79 Å². The standard InChI is InChI=1S/C17H26N2O/c1-17(2)11-5-4-6-15(17)16(20)19(3)14-9-7-13(12-18)8-10-14/h7-10,15H,4-6,11-12,18H2,1-3H3. The van der Waals surface area contributed by atoms with Crippen molar-refractivity contribution in [3.05, 3.63) is 29.8 Å². The van der Waals surface area contributed by atoms with Gasteiger partial charge in [-0.25, -0.2) is 0 Å². The summed E-state index contributed by atoms with van der Waals surface area (Å²) >= 11 is 0. The van der Waals surface area contributed by atoms with E-state index in [2.05, 4.69) is 13.8 Å². The Morgan fingerprint density at radius 2 is 1.95 bits per heavy atom. The van der Waals surface area contributed by atoms with Gasteiger partial charge in [0, 0.05) is 25.2 Å². The van der Waals surface area contributed by atoms with Crippen molar-refractivity contribution in [2.45, 2.75) is 46.1 Å². The van der Waals surface area contributed by atoms with E-state index in [1.165, 1.54) is 12.8 Å². The number of amides is 1. The van der Waals surface area contributed by atoms with Crippen molar-refractivity contribution >= 4 is 11.6 Å². The van der Waals surface area contributed by atoms with E-state index in [0.717, 1.165) is 24.1 Å². The fourth-order valence-electron chi connectivity index (χ4n) is 3.17. The fraction of sp³-hybridized carbons (Fsp3) is 0.588. The van der Waals surface area contributed by atoms with Gasteiger partial charge >= 0.3 is 0 Å². The topological polar surface area (TPSA) is 46.3 Å². The van der Waals surface area contributed by atoms with Crippen LogP contribution in [0, 0.1) is 11.3 Å². The molecular weight excluding hydrogens is 248 g/mol. The smallest absolute Gasteiger partial charge is 0.230 e. The first-order chi connectivity index (χ1) is 9.45. The molecule has 1 aliphatic carbocycles. The lowest BCUT2D eigenvalue weighted by atomic mass is 9.68. The summed E-state index contributed by atoms with van der Waals surface area (Å²) in [4.78, 5) is 14.6. The molecule has 1 aromatic rings. The third-order valence-corrected chi connectivity index (χ3v) is 4.70. The Bertz CT molecular complexity index is 464. The van der Waals surface area contributed by atoms with Crippen molar-refractivity contribution in [3.8, 4) is 0 Å². The molecule has 0 bridgehead atoms. The Balaban J connectivity index is 2.14. The van der Waals surface area contributed by atoms with Crippen LogP contribution in [-0.4, -0.2) is 13.0 Å². The SMILES string of the molecule is CN(C(=O)C1CCCCC1(C)C)c1ccc(CN)cc1. The molecule has 1 amide bonds. The fourth-order valence-corrected chi connectivity index (χ4v) is 3.17. The van der Waals surface area contributed by atoms with Gasteiger partial charge in [-0.2, -0.15) is 0 Å². The van der Waals surface area contributed by atoms with Crippen LogP contribution in [0.2, 0.25) is 0 Å². The normalized spacial score (nSPS) is 21.5. The molecule has 3 heteroatoms. The van der Waals surface area contributed by atoms with E-state index in [0.29, 0.717) is 6.54 Å². The summed E-state index contributed by atoms with van der Waals surface area (Å²) in [7, 11) is 1.88. The van der Waals surface area contributed by atoms with E-state index in [4.69, 9.17) is 5.73 Å². The number of carbonyl (C=O) groups excluding carboxylic acids is 1. The molecule has 0 heterocycles. The van der Waals surface area contributed by atoms with Crippen LogP contribution < -0.4 is 10.6 Å². The van der Waals surface area contributed by atoms with E-state index in [1.807, 2.05) is 31.3 Å². The predicted molar refractivity (Wildman–Crippen MR) is 83.5 cm³/mol. The maximum atomic E-state index is 12.8. The molecule has 2 N–H and O–H groups in total. The predicted octanol–water partition coefficient (Wildman–Crippen LogP) is 3.32. The summed E-state index contributed by atoms with van der Waals surface area (Å²) < 4.78 is 0. The van der Waals surface area contributed by atoms with Gasteiger partial charge in [0.15, 0.2) is 0 Å². The summed E-state index contributed by atoms with van der Waals surface area (Å²) in [6.45, 7) is 4.98. The van der Waals surface area contributed by atoms with Crippen LogP contribution in [0.5, 0.6) is 0 Å².